The first kappa shape index (κ1) is 24.8. The van der Waals surface area contributed by atoms with Crippen molar-refractivity contribution in [3.63, 3.8) is 0 Å². The van der Waals surface area contributed by atoms with Crippen molar-refractivity contribution < 1.29 is 24.1 Å². The number of likely N-dealkylation sites (tertiary alicyclic amines) is 1. The van der Waals surface area contributed by atoms with E-state index in [1.807, 2.05) is 12.1 Å². The van der Waals surface area contributed by atoms with Crippen LogP contribution in [0.2, 0.25) is 5.15 Å². The second-order valence-electron chi connectivity index (χ2n) is 10.1. The highest BCUT2D eigenvalue weighted by Gasteiger charge is 2.33. The fourth-order valence-electron chi connectivity index (χ4n) is 5.51. The minimum Gasteiger partial charge on any atom is -0.477 e. The average Bonchev–Trinajstić information content (AvgIpc) is 3.60. The van der Waals surface area contributed by atoms with Gasteiger partial charge in [-0.25, -0.2) is 19.7 Å². The van der Waals surface area contributed by atoms with E-state index in [0.29, 0.717) is 34.7 Å². The molecule has 1 unspecified atom stereocenters. The zero-order valence-corrected chi connectivity index (χ0v) is 22.5. The van der Waals surface area contributed by atoms with Gasteiger partial charge in [0.2, 0.25) is 0 Å². The molecule has 0 bridgehead atoms. The molecule has 3 aromatic heterocycles. The van der Waals surface area contributed by atoms with Gasteiger partial charge in [0.25, 0.3) is 6.29 Å². The second-order valence-corrected chi connectivity index (χ2v) is 11.5. The summed E-state index contributed by atoms with van der Waals surface area (Å²) in [6.07, 6.45) is 5.56. The van der Waals surface area contributed by atoms with Crippen molar-refractivity contribution in [2.45, 2.75) is 50.7 Å². The van der Waals surface area contributed by atoms with Gasteiger partial charge in [-0.05, 0) is 50.4 Å². The number of imidazole rings is 1. The Bertz CT molecular complexity index is 1530. The van der Waals surface area contributed by atoms with Crippen LogP contribution in [0.3, 0.4) is 0 Å². The van der Waals surface area contributed by atoms with E-state index in [1.54, 1.807) is 12.3 Å². The normalized spacial score (nSPS) is 21.4. The Hall–Kier alpha value is -3.25. The largest absolute Gasteiger partial charge is 0.477 e. The number of rotatable bonds is 7. The molecule has 2 fully saturated rings. The summed E-state index contributed by atoms with van der Waals surface area (Å²) in [4.78, 5) is 28.3. The fraction of sp³-hybridized carbons (Fsp3) is 0.407. The summed E-state index contributed by atoms with van der Waals surface area (Å²) < 4.78 is 20.1. The van der Waals surface area contributed by atoms with Gasteiger partial charge in [-0.1, -0.05) is 23.7 Å². The van der Waals surface area contributed by atoms with E-state index < -0.39 is 12.3 Å². The van der Waals surface area contributed by atoms with Crippen molar-refractivity contribution in [2.75, 3.05) is 19.7 Å². The number of carboxylic acid groups (broad SMARTS) is 1. The molecule has 1 aromatic carbocycles. The maximum absolute atomic E-state index is 11.5. The van der Waals surface area contributed by atoms with E-state index in [-0.39, 0.29) is 6.10 Å². The predicted molar refractivity (Wildman–Crippen MR) is 144 cm³/mol. The lowest BCUT2D eigenvalue weighted by Gasteiger charge is -2.33. The van der Waals surface area contributed by atoms with Crippen LogP contribution in [0.4, 0.5) is 0 Å². The number of carbonyl (C=O) groups is 1. The van der Waals surface area contributed by atoms with Crippen LogP contribution in [0, 0.1) is 0 Å². The van der Waals surface area contributed by atoms with Gasteiger partial charge < -0.3 is 23.9 Å². The summed E-state index contributed by atoms with van der Waals surface area (Å²) in [6, 6.07) is 7.80. The molecule has 2 atom stereocenters. The number of nitrogens with zero attached hydrogens (tertiary/aromatic N) is 5. The number of piperidine rings is 1. The summed E-state index contributed by atoms with van der Waals surface area (Å²) in [5, 5.41) is 9.76. The Labute approximate surface area is 233 Å². The quantitative estimate of drug-likeness (QED) is 0.334. The summed E-state index contributed by atoms with van der Waals surface area (Å²) in [5.41, 5.74) is 2.62. The van der Waals surface area contributed by atoms with Crippen molar-refractivity contribution >= 4 is 39.3 Å². The number of fused-ring (bicyclic) bond motifs is 2. The van der Waals surface area contributed by atoms with Gasteiger partial charge in [0.15, 0.2) is 11.5 Å². The molecule has 3 aliphatic rings. The van der Waals surface area contributed by atoms with E-state index in [9.17, 15) is 9.90 Å². The molecule has 0 radical (unpaired) electrons. The highest BCUT2D eigenvalue weighted by Crippen LogP contribution is 2.47. The van der Waals surface area contributed by atoms with Gasteiger partial charge in [-0.3, -0.25) is 4.90 Å². The molecule has 0 saturated carbocycles. The number of para-hydroxylation sites is 1. The molecule has 39 heavy (non-hydrogen) atoms. The molecule has 1 N–H and O–H groups in total. The first-order valence-corrected chi connectivity index (χ1v) is 14.2. The van der Waals surface area contributed by atoms with Crippen LogP contribution in [0.1, 0.15) is 58.2 Å². The average molecular weight is 568 g/mol. The van der Waals surface area contributed by atoms with E-state index in [0.717, 1.165) is 72.2 Å². The molecule has 4 aromatic rings. The maximum Gasteiger partial charge on any atom is 0.346 e. The summed E-state index contributed by atoms with van der Waals surface area (Å²) in [7, 11) is 0. The number of carboxylic acids is 1. The summed E-state index contributed by atoms with van der Waals surface area (Å²) >= 11 is 7.11. The molecular formula is C27H26ClN5O5S. The monoisotopic (exact) mass is 567 g/mol. The zero-order chi connectivity index (χ0) is 26.5. The Morgan fingerprint density at radius 3 is 2.72 bits per heavy atom. The van der Waals surface area contributed by atoms with Gasteiger partial charge in [-0.2, -0.15) is 0 Å². The molecular weight excluding hydrogens is 542 g/mol. The standard InChI is InChI=1S/C27H26ClN5O5S/c28-22-12-29-18(11-30-22)27-37-20-3-1-2-17(24(20)38-27)15-4-7-32(8-5-15)14-23-31-25-19(10-21(39-25)26(34)35)33(23)13-16-6-9-36-16/h1-3,10-12,15-16,27H,4-9,13-14H2,(H,34,35)/t16-,27?/m0/s1. The van der Waals surface area contributed by atoms with Crippen LogP contribution in [0.15, 0.2) is 36.7 Å². The molecule has 2 saturated heterocycles. The van der Waals surface area contributed by atoms with E-state index in [2.05, 4.69) is 25.5 Å². The van der Waals surface area contributed by atoms with Crippen LogP contribution < -0.4 is 9.47 Å². The molecule has 7 rings (SSSR count). The third-order valence-electron chi connectivity index (χ3n) is 7.66. The van der Waals surface area contributed by atoms with E-state index >= 15 is 0 Å². The van der Waals surface area contributed by atoms with Gasteiger partial charge in [0.1, 0.15) is 26.4 Å². The number of benzene rings is 1. The summed E-state index contributed by atoms with van der Waals surface area (Å²) in [5.74, 6) is 1.90. The highest BCUT2D eigenvalue weighted by atomic mass is 35.5. The van der Waals surface area contributed by atoms with E-state index in [1.165, 1.54) is 17.5 Å². The Morgan fingerprint density at radius 1 is 1.15 bits per heavy atom. The third kappa shape index (κ3) is 4.73. The van der Waals surface area contributed by atoms with Crippen LogP contribution in [-0.4, -0.2) is 61.3 Å². The lowest BCUT2D eigenvalue weighted by atomic mass is 9.88. The number of thiophene rings is 1. The number of aromatic carboxylic acids is 1. The van der Waals surface area contributed by atoms with E-state index in [4.69, 9.17) is 30.8 Å². The van der Waals surface area contributed by atoms with Crippen LogP contribution >= 0.6 is 22.9 Å². The minimum absolute atomic E-state index is 0.158. The predicted octanol–water partition coefficient (Wildman–Crippen LogP) is 4.88. The number of hydrogen-bond acceptors (Lipinski definition) is 9. The SMILES string of the molecule is O=C(O)c1cc2c(nc(CN3CCC(c4cccc5c4OC(c4cnc(Cl)cn4)O5)CC3)n2C[C@@H]2CCO2)s1. The molecule has 0 aliphatic carbocycles. The van der Waals surface area contributed by atoms with Gasteiger partial charge >= 0.3 is 5.97 Å². The second kappa shape index (κ2) is 10.1. The number of ether oxygens (including phenoxy) is 3. The van der Waals surface area contributed by atoms with Gasteiger partial charge in [0, 0.05) is 12.2 Å². The first-order chi connectivity index (χ1) is 19.0. The maximum atomic E-state index is 11.5. The highest BCUT2D eigenvalue weighted by molar-refractivity contribution is 7.20. The van der Waals surface area contributed by atoms with Crippen molar-refractivity contribution in [3.05, 3.63) is 63.8 Å². The molecule has 0 amide bonds. The third-order valence-corrected chi connectivity index (χ3v) is 8.86. The Balaban J connectivity index is 1.05. The zero-order valence-electron chi connectivity index (χ0n) is 21.0. The van der Waals surface area contributed by atoms with Crippen LogP contribution in [-0.2, 0) is 17.8 Å². The molecule has 10 nitrogen and oxygen atoms in total. The van der Waals surface area contributed by atoms with Crippen LogP contribution in [0.25, 0.3) is 10.3 Å². The molecule has 202 valence electrons. The van der Waals surface area contributed by atoms with Crippen LogP contribution in [0.5, 0.6) is 11.5 Å². The van der Waals surface area contributed by atoms with Gasteiger partial charge in [0.05, 0.1) is 37.1 Å². The Kier molecular flexibility index (Phi) is 6.38. The molecule has 12 heteroatoms. The van der Waals surface area contributed by atoms with Crippen molar-refractivity contribution in [1.82, 2.24) is 24.4 Å². The molecule has 0 spiro atoms. The molecule has 6 heterocycles. The lowest BCUT2D eigenvalue weighted by Crippen LogP contribution is -2.35. The summed E-state index contributed by atoms with van der Waals surface area (Å²) in [6.45, 7) is 4.03. The Morgan fingerprint density at radius 2 is 2.00 bits per heavy atom. The number of halogens is 1. The molecule has 3 aliphatic heterocycles. The number of hydrogen-bond donors (Lipinski definition) is 1. The first-order valence-electron chi connectivity index (χ1n) is 13.0. The lowest BCUT2D eigenvalue weighted by molar-refractivity contribution is -0.0592. The van der Waals surface area contributed by atoms with Crippen molar-refractivity contribution in [1.29, 1.82) is 0 Å². The van der Waals surface area contributed by atoms with Crippen molar-refractivity contribution in [2.24, 2.45) is 0 Å². The topological polar surface area (TPSA) is 112 Å². The van der Waals surface area contributed by atoms with Crippen molar-refractivity contribution in [3.8, 4) is 11.5 Å². The smallest absolute Gasteiger partial charge is 0.346 e. The number of aromatic nitrogens is 4. The van der Waals surface area contributed by atoms with Gasteiger partial charge in [-0.15, -0.1) is 11.3 Å². The minimum atomic E-state index is -0.915. The fourth-order valence-corrected chi connectivity index (χ4v) is 6.50.